The van der Waals surface area contributed by atoms with Crippen LogP contribution >= 0.6 is 22.9 Å². The van der Waals surface area contributed by atoms with Crippen LogP contribution < -0.4 is 16.0 Å². The maximum absolute atomic E-state index is 12.0. The van der Waals surface area contributed by atoms with E-state index in [0.29, 0.717) is 24.0 Å². The van der Waals surface area contributed by atoms with Gasteiger partial charge in [-0.1, -0.05) is 54.9 Å². The molecule has 1 unspecified atom stereocenters. The molecule has 0 radical (unpaired) electrons. The van der Waals surface area contributed by atoms with E-state index in [1.807, 2.05) is 30.3 Å². The number of amides is 2. The van der Waals surface area contributed by atoms with Crippen LogP contribution in [0, 0.1) is 0 Å². The molecule has 6 nitrogen and oxygen atoms in total. The Bertz CT molecular complexity index is 977. The maximum atomic E-state index is 12.0. The van der Waals surface area contributed by atoms with Gasteiger partial charge in [0.05, 0.1) is 29.4 Å². The minimum absolute atomic E-state index is 0.0690. The molecule has 0 bridgehead atoms. The normalized spacial score (nSPS) is 11.9. The monoisotopic (exact) mass is 430 g/mol. The average molecular weight is 431 g/mol. The molecule has 2 aromatic carbocycles. The molecule has 1 atom stereocenters. The molecule has 0 aliphatic heterocycles. The summed E-state index contributed by atoms with van der Waals surface area (Å²) in [6, 6.07) is 15.7. The molecule has 0 spiro atoms. The molecule has 29 heavy (non-hydrogen) atoms. The molecule has 0 saturated heterocycles. The highest BCUT2D eigenvalue weighted by Gasteiger charge is 2.10. The Morgan fingerprint density at radius 3 is 2.55 bits per heavy atom. The summed E-state index contributed by atoms with van der Waals surface area (Å²) in [5.74, 6) is -0.178. The van der Waals surface area contributed by atoms with Crippen LogP contribution in [0.3, 0.4) is 0 Å². The zero-order valence-corrected chi connectivity index (χ0v) is 17.6. The molecule has 8 heteroatoms. The van der Waals surface area contributed by atoms with Crippen molar-refractivity contribution >= 4 is 45.0 Å². The summed E-state index contributed by atoms with van der Waals surface area (Å²) in [7, 11) is 0. The summed E-state index contributed by atoms with van der Waals surface area (Å²) in [6.45, 7) is 3.19. The Morgan fingerprint density at radius 1 is 1.03 bits per heavy atom. The van der Waals surface area contributed by atoms with Crippen molar-refractivity contribution in [1.29, 1.82) is 0 Å². The highest BCUT2D eigenvalue weighted by molar-refractivity contribution is 7.18. The fourth-order valence-corrected chi connectivity index (χ4v) is 4.02. The highest BCUT2D eigenvalue weighted by atomic mass is 35.5. The van der Waals surface area contributed by atoms with E-state index in [1.54, 1.807) is 6.07 Å². The minimum Gasteiger partial charge on any atom is -0.348 e. The molecule has 2 amide bonds. The number of hydrogen-bond donors (Lipinski definition) is 3. The zero-order valence-electron chi connectivity index (χ0n) is 16.1. The van der Waals surface area contributed by atoms with Crippen molar-refractivity contribution in [2.24, 2.45) is 0 Å². The molecule has 0 fully saturated rings. The topological polar surface area (TPSA) is 83.1 Å². The fraction of sp³-hybridized carbons (Fsp3) is 0.286. The van der Waals surface area contributed by atoms with Crippen molar-refractivity contribution in [2.75, 3.05) is 19.6 Å². The van der Waals surface area contributed by atoms with Gasteiger partial charge in [-0.25, -0.2) is 4.98 Å². The van der Waals surface area contributed by atoms with Crippen molar-refractivity contribution in [1.82, 2.24) is 20.9 Å². The molecule has 0 saturated carbocycles. The second-order valence-corrected chi connectivity index (χ2v) is 8.21. The van der Waals surface area contributed by atoms with Crippen molar-refractivity contribution in [3.63, 3.8) is 0 Å². The number of benzene rings is 2. The van der Waals surface area contributed by atoms with Gasteiger partial charge in [0, 0.05) is 6.54 Å². The number of rotatable bonds is 9. The molecule has 0 aliphatic rings. The number of halogens is 1. The predicted molar refractivity (Wildman–Crippen MR) is 117 cm³/mol. The lowest BCUT2D eigenvalue weighted by Crippen LogP contribution is -2.41. The van der Waals surface area contributed by atoms with Crippen molar-refractivity contribution in [3.8, 4) is 0 Å². The molecule has 3 rings (SSSR count). The van der Waals surface area contributed by atoms with Crippen LogP contribution in [0.1, 0.15) is 23.4 Å². The quantitative estimate of drug-likeness (QED) is 0.487. The highest BCUT2D eigenvalue weighted by Crippen LogP contribution is 2.27. The number of carbonyl (C=O) groups is 2. The van der Waals surface area contributed by atoms with Gasteiger partial charge in [0.25, 0.3) is 0 Å². The molecule has 3 aromatic rings. The van der Waals surface area contributed by atoms with Gasteiger partial charge in [-0.05, 0) is 23.6 Å². The Labute approximate surface area is 178 Å². The SMILES string of the molecule is CC(CNCC(=O)NCC(=O)NCc1nc2c(Cl)cccc2s1)c1ccccc1. The third-order valence-electron chi connectivity index (χ3n) is 4.40. The van der Waals surface area contributed by atoms with Crippen LogP contribution in [0.15, 0.2) is 48.5 Å². The van der Waals surface area contributed by atoms with Gasteiger partial charge in [0.1, 0.15) is 10.5 Å². The minimum atomic E-state index is -0.263. The van der Waals surface area contributed by atoms with Crippen LogP contribution in [-0.4, -0.2) is 36.4 Å². The predicted octanol–water partition coefficient (Wildman–Crippen LogP) is 3.08. The number of aromatic nitrogens is 1. The van der Waals surface area contributed by atoms with E-state index >= 15 is 0 Å². The second kappa shape index (κ2) is 10.3. The Kier molecular flexibility index (Phi) is 7.57. The third-order valence-corrected chi connectivity index (χ3v) is 5.73. The number of hydrogen-bond acceptors (Lipinski definition) is 5. The first kappa shape index (κ1) is 21.2. The Balaban J connectivity index is 1.34. The largest absolute Gasteiger partial charge is 0.348 e. The summed E-state index contributed by atoms with van der Waals surface area (Å²) in [5.41, 5.74) is 1.96. The van der Waals surface area contributed by atoms with E-state index in [1.165, 1.54) is 16.9 Å². The van der Waals surface area contributed by atoms with Gasteiger partial charge in [0.15, 0.2) is 0 Å². The zero-order chi connectivity index (χ0) is 20.6. The van der Waals surface area contributed by atoms with Crippen LogP contribution in [0.4, 0.5) is 0 Å². The van der Waals surface area contributed by atoms with E-state index in [0.717, 1.165) is 15.2 Å². The molecular formula is C21H23ClN4O2S. The summed E-state index contributed by atoms with van der Waals surface area (Å²) in [4.78, 5) is 28.3. The number of carbonyl (C=O) groups excluding carboxylic acids is 2. The first-order chi connectivity index (χ1) is 14.0. The van der Waals surface area contributed by atoms with E-state index in [-0.39, 0.29) is 24.9 Å². The molecule has 3 N–H and O–H groups in total. The van der Waals surface area contributed by atoms with Gasteiger partial charge in [-0.3, -0.25) is 9.59 Å². The van der Waals surface area contributed by atoms with Crippen molar-refractivity contribution in [2.45, 2.75) is 19.4 Å². The number of thiazole rings is 1. The van der Waals surface area contributed by atoms with Crippen LogP contribution in [0.5, 0.6) is 0 Å². The van der Waals surface area contributed by atoms with Gasteiger partial charge < -0.3 is 16.0 Å². The van der Waals surface area contributed by atoms with E-state index in [2.05, 4.69) is 40.0 Å². The van der Waals surface area contributed by atoms with Crippen LogP contribution in [0.2, 0.25) is 5.02 Å². The standard InChI is InChI=1S/C21H23ClN4O2S/c1-14(15-6-3-2-4-7-15)10-23-11-18(27)24-12-19(28)25-13-20-26-21-16(22)8-5-9-17(21)29-20/h2-9,14,23H,10-13H2,1H3,(H,24,27)(H,25,28). The number of nitrogens with one attached hydrogen (secondary N) is 3. The summed E-state index contributed by atoms with van der Waals surface area (Å²) >= 11 is 7.60. The average Bonchev–Trinajstić information content (AvgIpc) is 3.16. The molecule has 152 valence electrons. The molecule has 1 heterocycles. The van der Waals surface area contributed by atoms with E-state index in [4.69, 9.17) is 11.6 Å². The summed E-state index contributed by atoms with van der Waals surface area (Å²) in [5, 5.41) is 9.86. The van der Waals surface area contributed by atoms with Crippen molar-refractivity contribution in [3.05, 3.63) is 64.1 Å². The Hall–Kier alpha value is -2.48. The van der Waals surface area contributed by atoms with Gasteiger partial charge in [-0.2, -0.15) is 0 Å². The van der Waals surface area contributed by atoms with E-state index < -0.39 is 0 Å². The Morgan fingerprint density at radius 2 is 1.79 bits per heavy atom. The van der Waals surface area contributed by atoms with Gasteiger partial charge in [-0.15, -0.1) is 11.3 Å². The van der Waals surface area contributed by atoms with Crippen molar-refractivity contribution < 1.29 is 9.59 Å². The second-order valence-electron chi connectivity index (χ2n) is 6.69. The lowest BCUT2D eigenvalue weighted by Gasteiger charge is -2.13. The van der Waals surface area contributed by atoms with Crippen LogP contribution in [0.25, 0.3) is 10.2 Å². The van der Waals surface area contributed by atoms with Gasteiger partial charge in [0.2, 0.25) is 11.8 Å². The lowest BCUT2D eigenvalue weighted by atomic mass is 10.0. The lowest BCUT2D eigenvalue weighted by molar-refractivity contribution is -0.125. The molecule has 0 aliphatic carbocycles. The molecule has 1 aromatic heterocycles. The third kappa shape index (κ3) is 6.25. The molecular weight excluding hydrogens is 408 g/mol. The van der Waals surface area contributed by atoms with Gasteiger partial charge >= 0.3 is 0 Å². The first-order valence-electron chi connectivity index (χ1n) is 9.36. The fourth-order valence-electron chi connectivity index (χ4n) is 2.82. The summed E-state index contributed by atoms with van der Waals surface area (Å²) < 4.78 is 0.978. The van der Waals surface area contributed by atoms with Crippen LogP contribution in [-0.2, 0) is 16.1 Å². The number of fused-ring (bicyclic) bond motifs is 1. The summed E-state index contributed by atoms with van der Waals surface area (Å²) in [6.07, 6.45) is 0. The van der Waals surface area contributed by atoms with E-state index in [9.17, 15) is 9.59 Å². The maximum Gasteiger partial charge on any atom is 0.239 e. The number of para-hydroxylation sites is 1. The first-order valence-corrected chi connectivity index (χ1v) is 10.6. The number of nitrogens with zero attached hydrogens (tertiary/aromatic N) is 1. The smallest absolute Gasteiger partial charge is 0.239 e.